The van der Waals surface area contributed by atoms with E-state index >= 15 is 0 Å². The molecule has 0 fully saturated rings. The van der Waals surface area contributed by atoms with E-state index in [1.807, 2.05) is 18.3 Å². The zero-order valence-electron chi connectivity index (χ0n) is 14.7. The maximum atomic E-state index is 11.3. The van der Waals surface area contributed by atoms with Gasteiger partial charge in [0.25, 0.3) is 0 Å². The third-order valence-corrected chi connectivity index (χ3v) is 5.35. The summed E-state index contributed by atoms with van der Waals surface area (Å²) in [4.78, 5) is 11.3. The number of nitrogens with zero attached hydrogens (tertiary/aromatic N) is 2. The van der Waals surface area contributed by atoms with Crippen molar-refractivity contribution in [1.29, 1.82) is 0 Å². The number of rotatable bonds is 5. The molecule has 1 aromatic heterocycles. The molecule has 0 amide bonds. The number of Topliss-reactive ketones (excluding diaryl/α,β-unsaturated/α-hetero) is 1. The van der Waals surface area contributed by atoms with Crippen LogP contribution < -0.4 is 10.6 Å². The number of aromatic nitrogens is 2. The second-order valence-electron chi connectivity index (χ2n) is 5.98. The van der Waals surface area contributed by atoms with Gasteiger partial charge >= 0.3 is 0 Å². The first kappa shape index (κ1) is 20.8. The van der Waals surface area contributed by atoms with Crippen molar-refractivity contribution in [3.05, 3.63) is 74.3 Å². The van der Waals surface area contributed by atoms with Gasteiger partial charge in [0.1, 0.15) is 0 Å². The molecule has 0 bridgehead atoms. The average Bonchev–Trinajstić information content (AvgIpc) is 2.97. The first-order valence-corrected chi connectivity index (χ1v) is 10.1. The SMILES string of the molecule is CC(=O)c1ccc(NC(=S)Nc2nn(Cc3ccc(Cl)c(Cl)c3)cc2Br)cc1. The molecule has 0 atom stereocenters. The zero-order valence-corrected chi connectivity index (χ0v) is 18.6. The normalized spacial score (nSPS) is 10.6. The highest BCUT2D eigenvalue weighted by atomic mass is 79.9. The quantitative estimate of drug-likeness (QED) is 0.333. The van der Waals surface area contributed by atoms with Crippen molar-refractivity contribution in [2.75, 3.05) is 10.6 Å². The molecule has 0 saturated carbocycles. The Morgan fingerprint density at radius 1 is 1.14 bits per heavy atom. The smallest absolute Gasteiger partial charge is 0.176 e. The molecule has 28 heavy (non-hydrogen) atoms. The maximum Gasteiger partial charge on any atom is 0.176 e. The van der Waals surface area contributed by atoms with E-state index in [1.165, 1.54) is 6.92 Å². The minimum Gasteiger partial charge on any atom is -0.332 e. The zero-order chi connectivity index (χ0) is 20.3. The minimum absolute atomic E-state index is 0.0173. The Kier molecular flexibility index (Phi) is 6.72. The van der Waals surface area contributed by atoms with E-state index in [9.17, 15) is 4.79 Å². The third kappa shape index (κ3) is 5.32. The van der Waals surface area contributed by atoms with Gasteiger partial charge in [0.05, 0.1) is 21.1 Å². The number of thiocarbonyl (C=S) groups is 1. The van der Waals surface area contributed by atoms with E-state index < -0.39 is 0 Å². The van der Waals surface area contributed by atoms with Gasteiger partial charge in [-0.15, -0.1) is 0 Å². The van der Waals surface area contributed by atoms with Gasteiger partial charge in [-0.2, -0.15) is 5.10 Å². The first-order valence-electron chi connectivity index (χ1n) is 8.17. The molecular formula is C19H15BrCl2N4OS. The molecule has 0 radical (unpaired) electrons. The van der Waals surface area contributed by atoms with Crippen LogP contribution in [0.15, 0.2) is 53.1 Å². The van der Waals surface area contributed by atoms with Crippen molar-refractivity contribution in [3.63, 3.8) is 0 Å². The monoisotopic (exact) mass is 496 g/mol. The van der Waals surface area contributed by atoms with Crippen molar-refractivity contribution in [2.45, 2.75) is 13.5 Å². The summed E-state index contributed by atoms with van der Waals surface area (Å²) < 4.78 is 2.53. The molecule has 144 valence electrons. The highest BCUT2D eigenvalue weighted by Gasteiger charge is 2.10. The van der Waals surface area contributed by atoms with E-state index in [0.29, 0.717) is 33.1 Å². The van der Waals surface area contributed by atoms with Gasteiger partial charge in [0.2, 0.25) is 0 Å². The van der Waals surface area contributed by atoms with Gasteiger partial charge in [-0.1, -0.05) is 29.3 Å². The fourth-order valence-corrected chi connectivity index (χ4v) is 3.40. The Morgan fingerprint density at radius 3 is 2.50 bits per heavy atom. The molecule has 3 rings (SSSR count). The topological polar surface area (TPSA) is 59.0 Å². The minimum atomic E-state index is 0.0173. The largest absolute Gasteiger partial charge is 0.332 e. The lowest BCUT2D eigenvalue weighted by Gasteiger charge is -2.09. The van der Waals surface area contributed by atoms with Gasteiger partial charge in [0.15, 0.2) is 16.7 Å². The molecule has 0 saturated heterocycles. The first-order chi connectivity index (χ1) is 13.3. The van der Waals surface area contributed by atoms with Crippen LogP contribution in [0, 0.1) is 0 Å². The van der Waals surface area contributed by atoms with Crippen molar-refractivity contribution >= 4 is 73.8 Å². The van der Waals surface area contributed by atoms with Crippen LogP contribution in [0.5, 0.6) is 0 Å². The fraction of sp³-hybridized carbons (Fsp3) is 0.105. The lowest BCUT2D eigenvalue weighted by atomic mass is 10.1. The van der Waals surface area contributed by atoms with Crippen LogP contribution in [0.4, 0.5) is 11.5 Å². The summed E-state index contributed by atoms with van der Waals surface area (Å²) in [5, 5.41) is 12.0. The summed E-state index contributed by atoms with van der Waals surface area (Å²) in [5.41, 5.74) is 2.39. The van der Waals surface area contributed by atoms with Crippen LogP contribution in [0.2, 0.25) is 10.0 Å². The van der Waals surface area contributed by atoms with E-state index in [1.54, 1.807) is 35.0 Å². The van der Waals surface area contributed by atoms with Crippen LogP contribution in [-0.2, 0) is 6.54 Å². The van der Waals surface area contributed by atoms with Gasteiger partial charge in [-0.05, 0) is 77.0 Å². The number of hydrogen-bond acceptors (Lipinski definition) is 3. The number of carbonyl (C=O) groups is 1. The van der Waals surface area contributed by atoms with Crippen LogP contribution in [0.1, 0.15) is 22.8 Å². The molecule has 2 N–H and O–H groups in total. The Bertz CT molecular complexity index is 1040. The number of carbonyl (C=O) groups excluding carboxylic acids is 1. The summed E-state index contributed by atoms with van der Waals surface area (Å²) in [6.07, 6.45) is 1.84. The molecule has 9 heteroatoms. The second-order valence-corrected chi connectivity index (χ2v) is 8.06. The number of nitrogens with one attached hydrogen (secondary N) is 2. The molecule has 0 aliphatic rings. The van der Waals surface area contributed by atoms with E-state index in [2.05, 4.69) is 31.7 Å². The molecule has 5 nitrogen and oxygen atoms in total. The van der Waals surface area contributed by atoms with Crippen molar-refractivity contribution in [3.8, 4) is 0 Å². The number of ketones is 1. The molecule has 3 aromatic rings. The molecule has 0 aliphatic carbocycles. The predicted octanol–water partition coefficient (Wildman–Crippen LogP) is 6.01. The summed E-state index contributed by atoms with van der Waals surface area (Å²) in [6, 6.07) is 12.5. The Balaban J connectivity index is 1.64. The Hall–Kier alpha value is -1.93. The van der Waals surface area contributed by atoms with Gasteiger partial charge < -0.3 is 10.6 Å². The summed E-state index contributed by atoms with van der Waals surface area (Å²) in [5.74, 6) is 0.599. The summed E-state index contributed by atoms with van der Waals surface area (Å²) in [6.45, 7) is 2.06. The van der Waals surface area contributed by atoms with E-state index in [-0.39, 0.29) is 5.78 Å². The van der Waals surface area contributed by atoms with Crippen molar-refractivity contribution in [2.24, 2.45) is 0 Å². The predicted molar refractivity (Wildman–Crippen MR) is 122 cm³/mol. The summed E-state index contributed by atoms with van der Waals surface area (Å²) >= 11 is 20.8. The average molecular weight is 498 g/mol. The van der Waals surface area contributed by atoms with Crippen molar-refractivity contribution < 1.29 is 4.79 Å². The molecule has 0 aliphatic heterocycles. The Morgan fingerprint density at radius 2 is 1.86 bits per heavy atom. The van der Waals surface area contributed by atoms with Gasteiger partial charge in [-0.25, -0.2) is 0 Å². The van der Waals surface area contributed by atoms with E-state index in [0.717, 1.165) is 15.7 Å². The van der Waals surface area contributed by atoms with Crippen LogP contribution in [-0.4, -0.2) is 20.7 Å². The molecule has 1 heterocycles. The molecular weight excluding hydrogens is 483 g/mol. The summed E-state index contributed by atoms with van der Waals surface area (Å²) in [7, 11) is 0. The molecule has 0 spiro atoms. The van der Waals surface area contributed by atoms with Gasteiger partial charge in [0, 0.05) is 17.4 Å². The van der Waals surface area contributed by atoms with Crippen LogP contribution in [0.25, 0.3) is 0 Å². The lowest BCUT2D eigenvalue weighted by Crippen LogP contribution is -2.19. The molecule has 2 aromatic carbocycles. The molecule has 0 unspecified atom stereocenters. The number of halogens is 3. The van der Waals surface area contributed by atoms with Gasteiger partial charge in [-0.3, -0.25) is 9.48 Å². The number of hydrogen-bond donors (Lipinski definition) is 2. The van der Waals surface area contributed by atoms with Crippen LogP contribution >= 0.6 is 51.3 Å². The van der Waals surface area contributed by atoms with Crippen molar-refractivity contribution in [1.82, 2.24) is 9.78 Å². The second kappa shape index (κ2) is 9.05. The fourth-order valence-electron chi connectivity index (χ4n) is 2.45. The highest BCUT2D eigenvalue weighted by Crippen LogP contribution is 2.25. The van der Waals surface area contributed by atoms with Crippen LogP contribution in [0.3, 0.4) is 0 Å². The lowest BCUT2D eigenvalue weighted by molar-refractivity contribution is 0.101. The Labute approximate surface area is 186 Å². The standard InChI is InChI=1S/C19H15BrCl2N4OS/c1-11(27)13-3-5-14(6-4-13)23-19(28)24-18-15(20)10-26(25-18)9-12-2-7-16(21)17(22)8-12/h2-8,10H,9H2,1H3,(H2,23,24,25,28). The maximum absolute atomic E-state index is 11.3. The highest BCUT2D eigenvalue weighted by molar-refractivity contribution is 9.10. The number of benzene rings is 2. The number of anilines is 2. The van der Waals surface area contributed by atoms with E-state index in [4.69, 9.17) is 35.4 Å². The third-order valence-electron chi connectivity index (χ3n) is 3.83.